The lowest BCUT2D eigenvalue weighted by molar-refractivity contribution is -0.118. The SMILES string of the molecule is COc1cc([C@@H]2CC(=O)N(c3ccccc3)c3c2sc(=O)n3C)ccc1OC(C)C. The van der Waals surface area contributed by atoms with Gasteiger partial charge in [-0.2, -0.15) is 0 Å². The van der Waals surface area contributed by atoms with Gasteiger partial charge < -0.3 is 9.47 Å². The van der Waals surface area contributed by atoms with E-state index in [1.165, 1.54) is 11.3 Å². The molecule has 30 heavy (non-hydrogen) atoms. The van der Waals surface area contributed by atoms with E-state index >= 15 is 0 Å². The van der Waals surface area contributed by atoms with Gasteiger partial charge in [0.25, 0.3) is 0 Å². The summed E-state index contributed by atoms with van der Waals surface area (Å²) in [5, 5.41) is 0. The molecule has 0 aliphatic carbocycles. The van der Waals surface area contributed by atoms with Crippen LogP contribution >= 0.6 is 11.3 Å². The number of para-hydroxylation sites is 1. The lowest BCUT2D eigenvalue weighted by atomic mass is 9.90. The smallest absolute Gasteiger partial charge is 0.308 e. The van der Waals surface area contributed by atoms with Gasteiger partial charge in [0.05, 0.1) is 23.8 Å². The zero-order valence-corrected chi connectivity index (χ0v) is 18.2. The fourth-order valence-electron chi connectivity index (χ4n) is 3.79. The summed E-state index contributed by atoms with van der Waals surface area (Å²) in [7, 11) is 3.31. The first-order valence-corrected chi connectivity index (χ1v) is 10.6. The molecule has 3 aromatic rings. The Hall–Kier alpha value is -3.06. The molecule has 2 aromatic carbocycles. The summed E-state index contributed by atoms with van der Waals surface area (Å²) >= 11 is 1.19. The molecule has 1 amide bonds. The van der Waals surface area contributed by atoms with Crippen LogP contribution in [0.5, 0.6) is 11.5 Å². The first-order chi connectivity index (χ1) is 14.4. The Balaban J connectivity index is 1.82. The van der Waals surface area contributed by atoms with Crippen LogP contribution in [0.3, 0.4) is 0 Å². The van der Waals surface area contributed by atoms with Gasteiger partial charge in [-0.25, -0.2) is 0 Å². The molecule has 0 unspecified atom stereocenters. The second-order valence-corrected chi connectivity index (χ2v) is 8.51. The van der Waals surface area contributed by atoms with Crippen molar-refractivity contribution in [1.29, 1.82) is 0 Å². The second-order valence-electron chi connectivity index (χ2n) is 7.51. The van der Waals surface area contributed by atoms with Crippen molar-refractivity contribution in [3.8, 4) is 11.5 Å². The highest BCUT2D eigenvalue weighted by Gasteiger charge is 2.37. The third-order valence-corrected chi connectivity index (χ3v) is 6.27. The quantitative estimate of drug-likeness (QED) is 0.607. The van der Waals surface area contributed by atoms with E-state index in [2.05, 4.69) is 0 Å². The zero-order chi connectivity index (χ0) is 21.4. The van der Waals surface area contributed by atoms with Crippen LogP contribution in [0.4, 0.5) is 11.5 Å². The first kappa shape index (κ1) is 20.2. The lowest BCUT2D eigenvalue weighted by Crippen LogP contribution is -2.34. The Morgan fingerprint density at radius 3 is 2.47 bits per heavy atom. The van der Waals surface area contributed by atoms with Crippen molar-refractivity contribution < 1.29 is 14.3 Å². The minimum Gasteiger partial charge on any atom is -0.493 e. The minimum absolute atomic E-state index is 0.0198. The Labute approximate surface area is 179 Å². The fourth-order valence-corrected chi connectivity index (χ4v) is 4.88. The predicted molar refractivity (Wildman–Crippen MR) is 118 cm³/mol. The molecular weight excluding hydrogens is 400 g/mol. The molecule has 1 aliphatic rings. The maximum Gasteiger partial charge on any atom is 0.308 e. The number of rotatable bonds is 5. The van der Waals surface area contributed by atoms with Gasteiger partial charge in [-0.15, -0.1) is 0 Å². The second kappa shape index (κ2) is 7.99. The number of thiazole rings is 1. The van der Waals surface area contributed by atoms with E-state index in [1.54, 1.807) is 23.6 Å². The summed E-state index contributed by atoms with van der Waals surface area (Å²) in [6.07, 6.45) is 0.293. The molecule has 4 rings (SSSR count). The van der Waals surface area contributed by atoms with Gasteiger partial charge >= 0.3 is 4.87 Å². The van der Waals surface area contributed by atoms with Crippen molar-refractivity contribution >= 4 is 28.7 Å². The van der Waals surface area contributed by atoms with E-state index in [0.717, 1.165) is 16.1 Å². The average Bonchev–Trinajstić information content (AvgIpc) is 3.02. The number of ether oxygens (including phenoxy) is 2. The topological polar surface area (TPSA) is 60.8 Å². The summed E-state index contributed by atoms with van der Waals surface area (Å²) in [6, 6.07) is 15.2. The number of benzene rings is 2. The van der Waals surface area contributed by atoms with Crippen LogP contribution in [0, 0.1) is 0 Å². The van der Waals surface area contributed by atoms with Crippen LogP contribution in [0.25, 0.3) is 0 Å². The summed E-state index contributed by atoms with van der Waals surface area (Å²) < 4.78 is 12.9. The van der Waals surface area contributed by atoms with Crippen LogP contribution in [-0.4, -0.2) is 23.7 Å². The number of amides is 1. The summed E-state index contributed by atoms with van der Waals surface area (Å²) in [5.74, 6) is 1.65. The number of aromatic nitrogens is 1. The summed E-state index contributed by atoms with van der Waals surface area (Å²) in [5.41, 5.74) is 1.68. The molecule has 7 heteroatoms. The molecule has 0 bridgehead atoms. The molecule has 0 radical (unpaired) electrons. The van der Waals surface area contributed by atoms with Crippen LogP contribution < -0.4 is 19.2 Å². The van der Waals surface area contributed by atoms with Crippen molar-refractivity contribution in [2.24, 2.45) is 7.05 Å². The standard InChI is InChI=1S/C23H24N2O4S/c1-14(2)29-18-11-10-15(12-19(18)28-4)17-13-20(26)25(16-8-6-5-7-9-16)22-21(17)30-23(27)24(22)3/h5-12,14,17H,13H2,1-4H3/t17-/m0/s1. The van der Waals surface area contributed by atoms with Gasteiger partial charge in [-0.1, -0.05) is 35.6 Å². The third-order valence-electron chi connectivity index (χ3n) is 5.13. The molecule has 0 fully saturated rings. The summed E-state index contributed by atoms with van der Waals surface area (Å²) in [6.45, 7) is 3.91. The molecule has 156 valence electrons. The molecule has 2 heterocycles. The van der Waals surface area contributed by atoms with E-state index < -0.39 is 0 Å². The average molecular weight is 425 g/mol. The molecule has 1 aromatic heterocycles. The van der Waals surface area contributed by atoms with Gasteiger partial charge in [-0.3, -0.25) is 19.1 Å². The fraction of sp³-hybridized carbons (Fsp3) is 0.304. The molecule has 6 nitrogen and oxygen atoms in total. The molecule has 1 aliphatic heterocycles. The van der Waals surface area contributed by atoms with Crippen LogP contribution in [0.15, 0.2) is 53.3 Å². The molecule has 0 saturated heterocycles. The maximum absolute atomic E-state index is 13.2. The van der Waals surface area contributed by atoms with Gasteiger partial charge in [0, 0.05) is 19.4 Å². The molecule has 0 spiro atoms. The number of hydrogen-bond acceptors (Lipinski definition) is 5. The number of carbonyl (C=O) groups is 1. The third kappa shape index (κ3) is 3.50. The molecule has 0 saturated carbocycles. The van der Waals surface area contributed by atoms with E-state index in [9.17, 15) is 9.59 Å². The van der Waals surface area contributed by atoms with Gasteiger partial charge in [0.15, 0.2) is 11.5 Å². The number of fused-ring (bicyclic) bond motifs is 1. The monoisotopic (exact) mass is 424 g/mol. The Kier molecular flexibility index (Phi) is 5.39. The largest absolute Gasteiger partial charge is 0.493 e. The van der Waals surface area contributed by atoms with Crippen molar-refractivity contribution in [2.45, 2.75) is 32.3 Å². The number of nitrogens with zero attached hydrogens (tertiary/aromatic N) is 2. The highest BCUT2D eigenvalue weighted by atomic mass is 32.1. The van der Waals surface area contributed by atoms with Crippen LogP contribution in [0.2, 0.25) is 0 Å². The van der Waals surface area contributed by atoms with E-state index in [1.807, 2.05) is 62.4 Å². The van der Waals surface area contributed by atoms with Crippen LogP contribution in [0.1, 0.15) is 36.6 Å². The highest BCUT2D eigenvalue weighted by Crippen LogP contribution is 2.45. The van der Waals surface area contributed by atoms with Gasteiger partial charge in [-0.05, 0) is 43.7 Å². The Bertz CT molecular complexity index is 1130. The van der Waals surface area contributed by atoms with Gasteiger partial charge in [0.1, 0.15) is 5.82 Å². The molecule has 0 N–H and O–H groups in total. The number of methoxy groups -OCH3 is 1. The van der Waals surface area contributed by atoms with Crippen molar-refractivity contribution in [2.75, 3.05) is 12.0 Å². The minimum atomic E-state index is -0.214. The number of carbonyl (C=O) groups excluding carboxylic acids is 1. The Morgan fingerprint density at radius 1 is 1.07 bits per heavy atom. The van der Waals surface area contributed by atoms with Crippen molar-refractivity contribution in [3.05, 3.63) is 68.6 Å². The predicted octanol–water partition coefficient (Wildman–Crippen LogP) is 4.44. The number of hydrogen-bond donors (Lipinski definition) is 0. The van der Waals surface area contributed by atoms with Crippen molar-refractivity contribution in [1.82, 2.24) is 4.57 Å². The molecule has 1 atom stereocenters. The lowest BCUT2D eigenvalue weighted by Gasteiger charge is -2.32. The first-order valence-electron chi connectivity index (χ1n) is 9.83. The van der Waals surface area contributed by atoms with E-state index in [0.29, 0.717) is 17.3 Å². The van der Waals surface area contributed by atoms with Gasteiger partial charge in [0.2, 0.25) is 5.91 Å². The van der Waals surface area contributed by atoms with E-state index in [-0.39, 0.29) is 29.2 Å². The highest BCUT2D eigenvalue weighted by molar-refractivity contribution is 7.10. The molecular formula is C23H24N2O4S. The summed E-state index contributed by atoms with van der Waals surface area (Å²) in [4.78, 5) is 28.2. The Morgan fingerprint density at radius 2 is 1.80 bits per heavy atom. The van der Waals surface area contributed by atoms with E-state index in [4.69, 9.17) is 9.47 Å². The maximum atomic E-state index is 13.2. The zero-order valence-electron chi connectivity index (χ0n) is 17.4. The normalized spacial score (nSPS) is 16.0. The number of anilines is 2. The van der Waals surface area contributed by atoms with Crippen molar-refractivity contribution in [3.63, 3.8) is 0 Å². The van der Waals surface area contributed by atoms with Crippen LogP contribution in [-0.2, 0) is 11.8 Å².